The average molecular weight is 399 g/mol. The van der Waals surface area contributed by atoms with Gasteiger partial charge in [-0.15, -0.1) is 0 Å². The monoisotopic (exact) mass is 399 g/mol. The van der Waals surface area contributed by atoms with Crippen molar-refractivity contribution in [3.8, 4) is 5.75 Å². The highest BCUT2D eigenvalue weighted by Crippen LogP contribution is 2.36. The SMILES string of the molecule is COc1ccc(NC(=O)[C@H](C)OC(=O)c2ccc(SC(F)(F)F)cc2)cc1. The minimum Gasteiger partial charge on any atom is -0.497 e. The molecule has 0 aromatic heterocycles. The van der Waals surface area contributed by atoms with Crippen LogP contribution in [0, 0.1) is 0 Å². The fourth-order valence-electron chi connectivity index (χ4n) is 1.99. The summed E-state index contributed by atoms with van der Waals surface area (Å²) < 4.78 is 47.0. The molecule has 0 aliphatic rings. The number of alkyl halides is 3. The normalized spacial score (nSPS) is 12.2. The molecule has 5 nitrogen and oxygen atoms in total. The lowest BCUT2D eigenvalue weighted by atomic mass is 10.2. The number of thioether (sulfide) groups is 1. The number of hydrogen-bond donors (Lipinski definition) is 1. The van der Waals surface area contributed by atoms with E-state index in [4.69, 9.17) is 9.47 Å². The Morgan fingerprint density at radius 1 is 1.04 bits per heavy atom. The van der Waals surface area contributed by atoms with Crippen molar-refractivity contribution in [3.05, 3.63) is 54.1 Å². The molecular weight excluding hydrogens is 383 g/mol. The molecule has 0 bridgehead atoms. The number of halogens is 3. The van der Waals surface area contributed by atoms with Gasteiger partial charge in [-0.05, 0) is 67.2 Å². The van der Waals surface area contributed by atoms with Crippen LogP contribution in [0.25, 0.3) is 0 Å². The number of carbonyl (C=O) groups is 2. The standard InChI is InChI=1S/C18H16F3NO4S/c1-11(16(23)22-13-5-7-14(25-2)8-6-13)26-17(24)12-3-9-15(10-4-12)27-18(19,20)21/h3-11H,1-2H3,(H,22,23)/t11-/m0/s1. The van der Waals surface area contributed by atoms with Gasteiger partial charge < -0.3 is 14.8 Å². The Balaban J connectivity index is 1.92. The second kappa shape index (κ2) is 8.81. The van der Waals surface area contributed by atoms with Gasteiger partial charge in [0, 0.05) is 10.6 Å². The lowest BCUT2D eigenvalue weighted by Crippen LogP contribution is -2.30. The number of hydrogen-bond acceptors (Lipinski definition) is 5. The second-order valence-corrected chi connectivity index (χ2v) is 6.48. The Hall–Kier alpha value is -2.68. The molecule has 144 valence electrons. The number of ether oxygens (including phenoxy) is 2. The largest absolute Gasteiger partial charge is 0.497 e. The van der Waals surface area contributed by atoms with Crippen molar-refractivity contribution < 1.29 is 32.2 Å². The summed E-state index contributed by atoms with van der Waals surface area (Å²) in [6, 6.07) is 11.3. The summed E-state index contributed by atoms with van der Waals surface area (Å²) >= 11 is -0.281. The molecule has 27 heavy (non-hydrogen) atoms. The van der Waals surface area contributed by atoms with Crippen LogP contribution >= 0.6 is 11.8 Å². The van der Waals surface area contributed by atoms with Crippen LogP contribution in [0.5, 0.6) is 5.75 Å². The molecular formula is C18H16F3NO4S. The molecule has 2 aromatic rings. The van der Waals surface area contributed by atoms with E-state index in [-0.39, 0.29) is 22.2 Å². The minimum atomic E-state index is -4.41. The van der Waals surface area contributed by atoms with Crippen LogP contribution in [-0.4, -0.2) is 30.6 Å². The number of esters is 1. The van der Waals surface area contributed by atoms with Crippen molar-refractivity contribution in [2.24, 2.45) is 0 Å². The Bertz CT molecular complexity index is 792. The molecule has 1 atom stereocenters. The van der Waals surface area contributed by atoms with Crippen LogP contribution in [0.2, 0.25) is 0 Å². The third-order valence-corrected chi connectivity index (χ3v) is 4.07. The average Bonchev–Trinajstić information content (AvgIpc) is 2.61. The summed E-state index contributed by atoms with van der Waals surface area (Å²) in [5.41, 5.74) is -3.86. The molecule has 0 heterocycles. The van der Waals surface area contributed by atoms with Crippen LogP contribution in [0.3, 0.4) is 0 Å². The maximum absolute atomic E-state index is 12.3. The van der Waals surface area contributed by atoms with Crippen LogP contribution in [0.4, 0.5) is 18.9 Å². The van der Waals surface area contributed by atoms with Gasteiger partial charge in [-0.3, -0.25) is 4.79 Å². The molecule has 0 unspecified atom stereocenters. The van der Waals surface area contributed by atoms with Crippen molar-refractivity contribution in [2.75, 3.05) is 12.4 Å². The fourth-order valence-corrected chi connectivity index (χ4v) is 2.53. The Kier molecular flexibility index (Phi) is 6.73. The van der Waals surface area contributed by atoms with Gasteiger partial charge in [0.05, 0.1) is 12.7 Å². The zero-order valence-corrected chi connectivity index (χ0v) is 15.2. The zero-order valence-electron chi connectivity index (χ0n) is 14.4. The number of amides is 1. The molecule has 2 aromatic carbocycles. The molecule has 0 radical (unpaired) electrons. The van der Waals surface area contributed by atoms with Gasteiger partial charge >= 0.3 is 11.5 Å². The number of anilines is 1. The number of carbonyl (C=O) groups excluding carboxylic acids is 2. The van der Waals surface area contributed by atoms with Gasteiger partial charge in [-0.25, -0.2) is 4.79 Å². The van der Waals surface area contributed by atoms with Crippen molar-refractivity contribution in [1.29, 1.82) is 0 Å². The van der Waals surface area contributed by atoms with Crippen molar-refractivity contribution >= 4 is 29.3 Å². The van der Waals surface area contributed by atoms with Gasteiger partial charge in [-0.1, -0.05) is 0 Å². The second-order valence-electron chi connectivity index (χ2n) is 5.34. The number of methoxy groups -OCH3 is 1. The maximum atomic E-state index is 12.3. The third-order valence-electron chi connectivity index (χ3n) is 3.33. The zero-order chi connectivity index (χ0) is 20.0. The highest BCUT2D eigenvalue weighted by Gasteiger charge is 2.29. The van der Waals surface area contributed by atoms with Crippen LogP contribution in [0.15, 0.2) is 53.4 Å². The van der Waals surface area contributed by atoms with E-state index in [1.54, 1.807) is 24.3 Å². The Morgan fingerprint density at radius 2 is 1.63 bits per heavy atom. The Labute approximate surface area is 157 Å². The van der Waals surface area contributed by atoms with E-state index in [9.17, 15) is 22.8 Å². The molecule has 0 saturated heterocycles. The number of rotatable bonds is 6. The molecule has 1 N–H and O–H groups in total. The number of benzene rings is 2. The van der Waals surface area contributed by atoms with E-state index >= 15 is 0 Å². The first kappa shape index (κ1) is 20.6. The lowest BCUT2D eigenvalue weighted by molar-refractivity contribution is -0.123. The molecule has 0 saturated carbocycles. The van der Waals surface area contributed by atoms with Gasteiger partial charge in [0.25, 0.3) is 5.91 Å². The maximum Gasteiger partial charge on any atom is 0.446 e. The summed E-state index contributed by atoms with van der Waals surface area (Å²) in [7, 11) is 1.52. The van der Waals surface area contributed by atoms with Crippen LogP contribution in [0.1, 0.15) is 17.3 Å². The van der Waals surface area contributed by atoms with Crippen molar-refractivity contribution in [1.82, 2.24) is 0 Å². The molecule has 0 aliphatic heterocycles. The minimum absolute atomic E-state index is 0.0469. The van der Waals surface area contributed by atoms with E-state index in [2.05, 4.69) is 5.32 Å². The van der Waals surface area contributed by atoms with E-state index in [0.717, 1.165) is 12.1 Å². The van der Waals surface area contributed by atoms with Gasteiger partial charge in [0.2, 0.25) is 0 Å². The first-order valence-electron chi connectivity index (χ1n) is 7.69. The molecule has 0 aliphatic carbocycles. The van der Waals surface area contributed by atoms with Crippen LogP contribution in [-0.2, 0) is 9.53 Å². The van der Waals surface area contributed by atoms with Gasteiger partial charge in [0.15, 0.2) is 6.10 Å². The predicted octanol–water partition coefficient (Wildman–Crippen LogP) is 4.49. The molecule has 2 rings (SSSR count). The fraction of sp³-hybridized carbons (Fsp3) is 0.222. The van der Waals surface area contributed by atoms with Crippen LogP contribution < -0.4 is 10.1 Å². The Morgan fingerprint density at radius 3 is 2.15 bits per heavy atom. The van der Waals surface area contributed by atoms with Crippen molar-refractivity contribution in [2.45, 2.75) is 23.4 Å². The topological polar surface area (TPSA) is 64.6 Å². The van der Waals surface area contributed by atoms with Gasteiger partial charge in [-0.2, -0.15) is 13.2 Å². The first-order chi connectivity index (χ1) is 12.7. The molecule has 0 fully saturated rings. The molecule has 1 amide bonds. The van der Waals surface area contributed by atoms with E-state index in [1.807, 2.05) is 0 Å². The highest BCUT2D eigenvalue weighted by molar-refractivity contribution is 8.00. The molecule has 0 spiro atoms. The van der Waals surface area contributed by atoms with Crippen molar-refractivity contribution in [3.63, 3.8) is 0 Å². The number of nitrogens with one attached hydrogen (secondary N) is 1. The third kappa shape index (κ3) is 6.52. The first-order valence-corrected chi connectivity index (χ1v) is 8.51. The van der Waals surface area contributed by atoms with E-state index in [1.165, 1.54) is 26.2 Å². The summed E-state index contributed by atoms with van der Waals surface area (Å²) in [5, 5.41) is 2.58. The summed E-state index contributed by atoms with van der Waals surface area (Å²) in [5.74, 6) is -0.728. The lowest BCUT2D eigenvalue weighted by Gasteiger charge is -2.14. The summed E-state index contributed by atoms with van der Waals surface area (Å²) in [6.45, 7) is 1.39. The highest BCUT2D eigenvalue weighted by atomic mass is 32.2. The van der Waals surface area contributed by atoms with E-state index in [0.29, 0.717) is 11.4 Å². The predicted molar refractivity (Wildman–Crippen MR) is 94.9 cm³/mol. The smallest absolute Gasteiger partial charge is 0.446 e. The quantitative estimate of drug-likeness (QED) is 0.573. The summed E-state index contributed by atoms with van der Waals surface area (Å²) in [4.78, 5) is 24.1. The van der Waals surface area contributed by atoms with E-state index < -0.39 is 23.5 Å². The summed E-state index contributed by atoms with van der Waals surface area (Å²) in [6.07, 6.45) is -1.09. The molecule has 9 heteroatoms. The van der Waals surface area contributed by atoms with Gasteiger partial charge in [0.1, 0.15) is 5.75 Å².